The lowest BCUT2D eigenvalue weighted by atomic mass is 9.95. The molecule has 0 spiro atoms. The van der Waals surface area contributed by atoms with Crippen molar-refractivity contribution in [1.82, 2.24) is 14.5 Å². The molecule has 128 valence electrons. The van der Waals surface area contributed by atoms with Crippen LogP contribution < -0.4 is 0 Å². The van der Waals surface area contributed by atoms with Crippen molar-refractivity contribution in [2.45, 2.75) is 50.7 Å². The van der Waals surface area contributed by atoms with Crippen molar-refractivity contribution in [3.63, 3.8) is 0 Å². The predicted octanol–water partition coefficient (Wildman–Crippen LogP) is 2.11. The van der Waals surface area contributed by atoms with E-state index in [1.807, 2.05) is 17.4 Å². The van der Waals surface area contributed by atoms with Gasteiger partial charge in [0.1, 0.15) is 11.9 Å². The van der Waals surface area contributed by atoms with E-state index >= 15 is 0 Å². The fraction of sp³-hybridized carbons (Fsp3) is 0.765. The van der Waals surface area contributed by atoms with E-state index in [1.54, 1.807) is 11.8 Å². The van der Waals surface area contributed by atoms with Gasteiger partial charge < -0.3 is 14.6 Å². The minimum atomic E-state index is -0.837. The van der Waals surface area contributed by atoms with Gasteiger partial charge in [0.2, 0.25) is 0 Å². The fourth-order valence-corrected chi connectivity index (χ4v) is 3.79. The van der Waals surface area contributed by atoms with Crippen molar-refractivity contribution < 1.29 is 9.90 Å². The third kappa shape index (κ3) is 4.29. The number of piperidine rings is 1. The normalized spacial score (nSPS) is 20.7. The van der Waals surface area contributed by atoms with Gasteiger partial charge in [-0.2, -0.15) is 11.8 Å². The Balaban J connectivity index is 1.52. The second-order valence-corrected chi connectivity index (χ2v) is 7.76. The highest BCUT2D eigenvalue weighted by Crippen LogP contribution is 2.33. The molecule has 1 unspecified atom stereocenters. The summed E-state index contributed by atoms with van der Waals surface area (Å²) in [5.41, 5.74) is 0. The number of aliphatic hydroxyl groups excluding tert-OH is 1. The number of likely N-dealkylation sites (tertiary alicyclic amines) is 1. The molecule has 6 heteroatoms. The topological polar surface area (TPSA) is 58.4 Å². The van der Waals surface area contributed by atoms with Gasteiger partial charge in [-0.3, -0.25) is 4.79 Å². The number of hydrogen-bond donors (Lipinski definition) is 1. The molecule has 1 amide bonds. The first-order valence-corrected chi connectivity index (χ1v) is 10.0. The number of aliphatic hydroxyl groups is 1. The van der Waals surface area contributed by atoms with E-state index in [9.17, 15) is 9.90 Å². The summed E-state index contributed by atoms with van der Waals surface area (Å²) in [6.45, 7) is 2.56. The van der Waals surface area contributed by atoms with Gasteiger partial charge >= 0.3 is 0 Å². The van der Waals surface area contributed by atoms with Gasteiger partial charge in [0.15, 0.2) is 0 Å². The number of rotatable bonds is 7. The molecule has 0 radical (unpaired) electrons. The van der Waals surface area contributed by atoms with Crippen LogP contribution in [0.15, 0.2) is 12.4 Å². The van der Waals surface area contributed by atoms with Crippen LogP contribution in [0.4, 0.5) is 0 Å². The number of carbonyl (C=O) groups is 1. The van der Waals surface area contributed by atoms with Crippen LogP contribution in [-0.4, -0.2) is 56.7 Å². The molecule has 2 heterocycles. The Kier molecular flexibility index (Phi) is 5.64. The highest BCUT2D eigenvalue weighted by atomic mass is 32.2. The average molecular weight is 337 g/mol. The van der Waals surface area contributed by atoms with Crippen molar-refractivity contribution in [2.75, 3.05) is 25.1 Å². The summed E-state index contributed by atoms with van der Waals surface area (Å²) in [5.74, 6) is 3.19. The van der Waals surface area contributed by atoms with Gasteiger partial charge in [0, 0.05) is 37.9 Å². The standard InChI is InChI=1S/C17H27N3O2S/c1-23-11-6-15(21)17(22)19-8-4-14(5-9-19)16-18-7-10-20(16)12-13-2-3-13/h7,10,13-15,21H,2-6,8-9,11-12H2,1H3. The number of hydrogen-bond acceptors (Lipinski definition) is 4. The zero-order chi connectivity index (χ0) is 16.2. The molecular formula is C17H27N3O2S. The highest BCUT2D eigenvalue weighted by molar-refractivity contribution is 7.98. The van der Waals surface area contributed by atoms with E-state index in [4.69, 9.17) is 0 Å². The summed E-state index contributed by atoms with van der Waals surface area (Å²) in [6.07, 6.45) is 10.3. The maximum atomic E-state index is 12.3. The van der Waals surface area contributed by atoms with E-state index in [1.165, 1.54) is 18.7 Å². The van der Waals surface area contributed by atoms with Crippen LogP contribution in [-0.2, 0) is 11.3 Å². The number of amides is 1. The summed E-state index contributed by atoms with van der Waals surface area (Å²) >= 11 is 1.66. The van der Waals surface area contributed by atoms with E-state index in [0.717, 1.165) is 44.1 Å². The monoisotopic (exact) mass is 337 g/mol. The highest BCUT2D eigenvalue weighted by Gasteiger charge is 2.30. The molecule has 1 saturated heterocycles. The zero-order valence-electron chi connectivity index (χ0n) is 13.9. The molecule has 1 saturated carbocycles. The Bertz CT molecular complexity index is 522. The fourth-order valence-electron chi connectivity index (χ4n) is 3.34. The van der Waals surface area contributed by atoms with Crippen LogP contribution in [0.5, 0.6) is 0 Å². The van der Waals surface area contributed by atoms with Crippen molar-refractivity contribution in [3.05, 3.63) is 18.2 Å². The molecule has 23 heavy (non-hydrogen) atoms. The van der Waals surface area contributed by atoms with Gasteiger partial charge in [-0.1, -0.05) is 0 Å². The molecule has 1 aromatic rings. The van der Waals surface area contributed by atoms with Crippen molar-refractivity contribution >= 4 is 17.7 Å². The van der Waals surface area contributed by atoms with Crippen molar-refractivity contribution in [2.24, 2.45) is 5.92 Å². The number of imidazole rings is 1. The van der Waals surface area contributed by atoms with Gasteiger partial charge in [-0.05, 0) is 50.0 Å². The van der Waals surface area contributed by atoms with E-state index in [2.05, 4.69) is 15.7 Å². The third-order valence-electron chi connectivity index (χ3n) is 4.95. The van der Waals surface area contributed by atoms with Crippen LogP contribution in [0.1, 0.15) is 43.8 Å². The van der Waals surface area contributed by atoms with E-state index < -0.39 is 6.10 Å². The zero-order valence-corrected chi connectivity index (χ0v) is 14.7. The molecule has 2 aliphatic rings. The maximum Gasteiger partial charge on any atom is 0.251 e. The molecule has 1 atom stereocenters. The quantitative estimate of drug-likeness (QED) is 0.828. The second kappa shape index (κ2) is 7.71. The largest absolute Gasteiger partial charge is 0.383 e. The Morgan fingerprint density at radius 2 is 2.13 bits per heavy atom. The summed E-state index contributed by atoms with van der Waals surface area (Å²) in [5, 5.41) is 9.98. The summed E-state index contributed by atoms with van der Waals surface area (Å²) in [4.78, 5) is 18.7. The lowest BCUT2D eigenvalue weighted by molar-refractivity contribution is -0.141. The Labute approximate surface area is 142 Å². The van der Waals surface area contributed by atoms with Crippen LogP contribution >= 0.6 is 11.8 Å². The van der Waals surface area contributed by atoms with Gasteiger partial charge in [-0.25, -0.2) is 4.98 Å². The van der Waals surface area contributed by atoms with Crippen molar-refractivity contribution in [1.29, 1.82) is 0 Å². The van der Waals surface area contributed by atoms with Crippen LogP contribution in [0.25, 0.3) is 0 Å². The van der Waals surface area contributed by atoms with E-state index in [0.29, 0.717) is 12.3 Å². The maximum absolute atomic E-state index is 12.3. The Morgan fingerprint density at radius 3 is 2.78 bits per heavy atom. The Morgan fingerprint density at radius 1 is 1.39 bits per heavy atom. The third-order valence-corrected chi connectivity index (χ3v) is 5.60. The van der Waals surface area contributed by atoms with Gasteiger partial charge in [0.25, 0.3) is 5.91 Å². The van der Waals surface area contributed by atoms with Gasteiger partial charge in [0.05, 0.1) is 0 Å². The van der Waals surface area contributed by atoms with Crippen molar-refractivity contribution in [3.8, 4) is 0 Å². The molecule has 0 aromatic carbocycles. The van der Waals surface area contributed by atoms with Gasteiger partial charge in [-0.15, -0.1) is 0 Å². The first-order chi connectivity index (χ1) is 11.2. The molecular weight excluding hydrogens is 310 g/mol. The molecule has 3 rings (SSSR count). The number of nitrogens with zero attached hydrogens (tertiary/aromatic N) is 3. The number of thioether (sulfide) groups is 1. The second-order valence-electron chi connectivity index (χ2n) is 6.78. The summed E-state index contributed by atoms with van der Waals surface area (Å²) < 4.78 is 2.31. The van der Waals surface area contributed by atoms with Crippen LogP contribution in [0, 0.1) is 5.92 Å². The molecule has 1 aliphatic carbocycles. The molecule has 1 aliphatic heterocycles. The molecule has 2 fully saturated rings. The molecule has 0 bridgehead atoms. The predicted molar refractivity (Wildman–Crippen MR) is 92.5 cm³/mol. The minimum absolute atomic E-state index is 0.0983. The Hall–Kier alpha value is -1.01. The smallest absolute Gasteiger partial charge is 0.251 e. The first-order valence-electron chi connectivity index (χ1n) is 8.66. The summed E-state index contributed by atoms with van der Waals surface area (Å²) in [7, 11) is 0. The molecule has 5 nitrogen and oxygen atoms in total. The first kappa shape index (κ1) is 16.8. The van der Waals surface area contributed by atoms with Crippen LogP contribution in [0.3, 0.4) is 0 Å². The lowest BCUT2D eigenvalue weighted by Crippen LogP contribution is -2.44. The SMILES string of the molecule is CSCCC(O)C(=O)N1CCC(c2nccn2CC2CC2)CC1. The lowest BCUT2D eigenvalue weighted by Gasteiger charge is -2.33. The summed E-state index contributed by atoms with van der Waals surface area (Å²) in [6, 6.07) is 0. The molecule has 1 aromatic heterocycles. The molecule has 1 N–H and O–H groups in total. The minimum Gasteiger partial charge on any atom is -0.383 e. The average Bonchev–Trinajstić information content (AvgIpc) is 3.27. The van der Waals surface area contributed by atoms with Crippen LogP contribution in [0.2, 0.25) is 0 Å². The number of aromatic nitrogens is 2. The number of carbonyl (C=O) groups excluding carboxylic acids is 1. The van der Waals surface area contributed by atoms with E-state index in [-0.39, 0.29) is 5.91 Å².